The van der Waals surface area contributed by atoms with E-state index >= 15 is 0 Å². The zero-order valence-corrected chi connectivity index (χ0v) is 13.6. The number of benzene rings is 2. The predicted octanol–water partition coefficient (Wildman–Crippen LogP) is 3.73. The Morgan fingerprint density at radius 3 is 2.58 bits per heavy atom. The smallest absolute Gasteiger partial charge is 0.257 e. The van der Waals surface area contributed by atoms with Gasteiger partial charge >= 0.3 is 0 Å². The highest BCUT2D eigenvalue weighted by Gasteiger charge is 2.17. The second kappa shape index (κ2) is 6.49. The number of hydrogen-bond donors (Lipinski definition) is 2. The van der Waals surface area contributed by atoms with Gasteiger partial charge in [-0.25, -0.2) is 0 Å². The largest absolute Gasteiger partial charge is 0.378 e. The van der Waals surface area contributed by atoms with Crippen molar-refractivity contribution < 1.29 is 9.90 Å². The van der Waals surface area contributed by atoms with Crippen LogP contribution in [-0.2, 0) is 4.79 Å². The molecule has 0 saturated heterocycles. The van der Waals surface area contributed by atoms with Crippen molar-refractivity contribution in [2.75, 3.05) is 5.32 Å². The lowest BCUT2D eigenvalue weighted by atomic mass is 10.1. The molecule has 2 aromatic rings. The lowest BCUT2D eigenvalue weighted by Crippen LogP contribution is -2.21. The van der Waals surface area contributed by atoms with Gasteiger partial charge in [0.15, 0.2) is 6.10 Å². The Morgan fingerprint density at radius 2 is 1.89 bits per heavy atom. The molecule has 0 heterocycles. The van der Waals surface area contributed by atoms with Crippen LogP contribution in [0.1, 0.15) is 11.7 Å². The molecule has 3 nitrogen and oxygen atoms in total. The summed E-state index contributed by atoms with van der Waals surface area (Å²) < 4.78 is 1.78. The van der Waals surface area contributed by atoms with Crippen molar-refractivity contribution >= 4 is 50.1 Å². The SMILES string of the molecule is O=C(Nc1cc(I)ccc1Br)C(O)c1ccccc1. The maximum Gasteiger partial charge on any atom is 0.257 e. The minimum absolute atomic E-state index is 0.450. The lowest BCUT2D eigenvalue weighted by molar-refractivity contribution is -0.124. The molecule has 0 aliphatic rings. The van der Waals surface area contributed by atoms with Gasteiger partial charge in [0.05, 0.1) is 5.69 Å². The molecule has 0 fully saturated rings. The Labute approximate surface area is 133 Å². The van der Waals surface area contributed by atoms with Crippen LogP contribution in [0, 0.1) is 3.57 Å². The molecule has 1 unspecified atom stereocenters. The van der Waals surface area contributed by atoms with E-state index in [2.05, 4.69) is 43.8 Å². The summed E-state index contributed by atoms with van der Waals surface area (Å²) in [7, 11) is 0. The molecule has 0 radical (unpaired) electrons. The van der Waals surface area contributed by atoms with Crippen molar-refractivity contribution in [3.63, 3.8) is 0 Å². The Bertz CT molecular complexity index is 589. The molecule has 0 aliphatic heterocycles. The second-order valence-corrected chi connectivity index (χ2v) is 6.03. The molecule has 98 valence electrons. The number of aliphatic hydroxyl groups excluding tert-OH is 1. The molecule has 0 saturated carbocycles. The van der Waals surface area contributed by atoms with Gasteiger partial charge in [0.25, 0.3) is 5.91 Å². The molecule has 2 N–H and O–H groups in total. The summed E-state index contributed by atoms with van der Waals surface area (Å²) in [5.41, 5.74) is 1.22. The maximum absolute atomic E-state index is 12.0. The Morgan fingerprint density at radius 1 is 1.21 bits per heavy atom. The monoisotopic (exact) mass is 431 g/mol. The van der Waals surface area contributed by atoms with E-state index < -0.39 is 12.0 Å². The van der Waals surface area contributed by atoms with Crippen LogP contribution in [-0.4, -0.2) is 11.0 Å². The molecule has 0 spiro atoms. The van der Waals surface area contributed by atoms with Gasteiger partial charge in [-0.05, 0) is 62.3 Å². The first-order chi connectivity index (χ1) is 9.08. The first-order valence-electron chi connectivity index (χ1n) is 5.57. The molecular weight excluding hydrogens is 421 g/mol. The Hall–Kier alpha value is -0.920. The van der Waals surface area contributed by atoms with Gasteiger partial charge in [0.1, 0.15) is 0 Å². The number of nitrogens with one attached hydrogen (secondary N) is 1. The Balaban J connectivity index is 2.15. The quantitative estimate of drug-likeness (QED) is 0.727. The molecule has 0 aliphatic carbocycles. The summed E-state index contributed by atoms with van der Waals surface area (Å²) in [6, 6.07) is 14.5. The first kappa shape index (κ1) is 14.5. The van der Waals surface area contributed by atoms with Gasteiger partial charge < -0.3 is 10.4 Å². The maximum atomic E-state index is 12.0. The molecule has 19 heavy (non-hydrogen) atoms. The average molecular weight is 432 g/mol. The van der Waals surface area contributed by atoms with Crippen molar-refractivity contribution in [2.45, 2.75) is 6.10 Å². The van der Waals surface area contributed by atoms with Crippen LogP contribution in [0.2, 0.25) is 0 Å². The fourth-order valence-electron chi connectivity index (χ4n) is 1.58. The third-order valence-electron chi connectivity index (χ3n) is 2.55. The third kappa shape index (κ3) is 3.77. The second-order valence-electron chi connectivity index (χ2n) is 3.93. The van der Waals surface area contributed by atoms with Crippen molar-refractivity contribution in [3.8, 4) is 0 Å². The molecule has 1 atom stereocenters. The van der Waals surface area contributed by atoms with Gasteiger partial charge in [0, 0.05) is 8.04 Å². The van der Waals surface area contributed by atoms with Crippen molar-refractivity contribution in [1.82, 2.24) is 0 Å². The zero-order chi connectivity index (χ0) is 13.8. The molecule has 5 heteroatoms. The van der Waals surface area contributed by atoms with Crippen LogP contribution in [0.5, 0.6) is 0 Å². The van der Waals surface area contributed by atoms with E-state index in [4.69, 9.17) is 0 Å². The van der Waals surface area contributed by atoms with Crippen LogP contribution in [0.15, 0.2) is 53.0 Å². The van der Waals surface area contributed by atoms with Crippen molar-refractivity contribution in [1.29, 1.82) is 0 Å². The Kier molecular flexibility index (Phi) is 4.95. The van der Waals surface area contributed by atoms with Crippen LogP contribution in [0.4, 0.5) is 5.69 Å². The fraction of sp³-hybridized carbons (Fsp3) is 0.0714. The highest BCUT2D eigenvalue weighted by Crippen LogP contribution is 2.25. The van der Waals surface area contributed by atoms with E-state index in [1.54, 1.807) is 24.3 Å². The van der Waals surface area contributed by atoms with Crippen molar-refractivity contribution in [3.05, 3.63) is 62.1 Å². The van der Waals surface area contributed by atoms with Gasteiger partial charge in [-0.1, -0.05) is 30.3 Å². The number of amides is 1. The molecule has 0 bridgehead atoms. The highest BCUT2D eigenvalue weighted by molar-refractivity contribution is 14.1. The van der Waals surface area contributed by atoms with Gasteiger partial charge in [-0.3, -0.25) is 4.79 Å². The number of rotatable bonds is 3. The van der Waals surface area contributed by atoms with Crippen LogP contribution in [0.25, 0.3) is 0 Å². The van der Waals surface area contributed by atoms with Gasteiger partial charge in [0.2, 0.25) is 0 Å². The van der Waals surface area contributed by atoms with E-state index in [0.29, 0.717) is 11.3 Å². The highest BCUT2D eigenvalue weighted by atomic mass is 127. The predicted molar refractivity (Wildman–Crippen MR) is 86.9 cm³/mol. The first-order valence-corrected chi connectivity index (χ1v) is 7.44. The minimum Gasteiger partial charge on any atom is -0.378 e. The molecule has 2 aromatic carbocycles. The average Bonchev–Trinajstić information content (AvgIpc) is 2.43. The van der Waals surface area contributed by atoms with Crippen LogP contribution >= 0.6 is 38.5 Å². The van der Waals surface area contributed by atoms with Crippen LogP contribution < -0.4 is 5.32 Å². The topological polar surface area (TPSA) is 49.3 Å². The normalized spacial score (nSPS) is 11.9. The van der Waals surface area contributed by atoms with Gasteiger partial charge in [-0.2, -0.15) is 0 Å². The summed E-state index contributed by atoms with van der Waals surface area (Å²) in [5, 5.41) is 12.7. The van der Waals surface area contributed by atoms with E-state index in [-0.39, 0.29) is 0 Å². The summed E-state index contributed by atoms with van der Waals surface area (Å²) in [6.45, 7) is 0. The molecular formula is C14H11BrINO2. The number of anilines is 1. The standard InChI is InChI=1S/C14H11BrINO2/c15-11-7-6-10(16)8-12(11)17-14(19)13(18)9-4-2-1-3-5-9/h1-8,13,18H,(H,17,19). The van der Waals surface area contributed by atoms with E-state index in [9.17, 15) is 9.90 Å². The minimum atomic E-state index is -1.18. The van der Waals surface area contributed by atoms with Gasteiger partial charge in [-0.15, -0.1) is 0 Å². The van der Waals surface area contributed by atoms with E-state index in [1.165, 1.54) is 0 Å². The zero-order valence-electron chi connectivity index (χ0n) is 9.81. The summed E-state index contributed by atoms with van der Waals surface area (Å²) in [6.07, 6.45) is -1.18. The van der Waals surface area contributed by atoms with E-state index in [1.807, 2.05) is 24.3 Å². The number of halogens is 2. The lowest BCUT2D eigenvalue weighted by Gasteiger charge is -2.13. The number of carbonyl (C=O) groups excluding carboxylic acids is 1. The van der Waals surface area contributed by atoms with Crippen molar-refractivity contribution in [2.24, 2.45) is 0 Å². The molecule has 0 aromatic heterocycles. The number of aliphatic hydroxyl groups is 1. The fourth-order valence-corrected chi connectivity index (χ4v) is 2.42. The summed E-state index contributed by atoms with van der Waals surface area (Å²) >= 11 is 5.53. The number of carbonyl (C=O) groups is 1. The third-order valence-corrected chi connectivity index (χ3v) is 3.91. The summed E-state index contributed by atoms with van der Waals surface area (Å²) in [4.78, 5) is 12.0. The molecule has 2 rings (SSSR count). The summed E-state index contributed by atoms with van der Waals surface area (Å²) in [5.74, 6) is -0.450. The van der Waals surface area contributed by atoms with Crippen LogP contribution in [0.3, 0.4) is 0 Å². The van der Waals surface area contributed by atoms with E-state index in [0.717, 1.165) is 8.04 Å². The number of hydrogen-bond acceptors (Lipinski definition) is 2. The molecule has 1 amide bonds.